The molecule has 2 rings (SSSR count). The number of nitrogens with one attached hydrogen (secondary N) is 2. The molecule has 0 aliphatic heterocycles. The first kappa shape index (κ1) is 24.4. The molecular weight excluding hydrogens is 418 g/mol. The Hall–Kier alpha value is -2.91. The third-order valence-electron chi connectivity index (χ3n) is 4.45. The van der Waals surface area contributed by atoms with Crippen molar-refractivity contribution >= 4 is 27.5 Å². The molecule has 0 aromatic heterocycles. The second-order valence-electron chi connectivity index (χ2n) is 7.48. The van der Waals surface area contributed by atoms with Crippen LogP contribution in [0.4, 0.5) is 5.69 Å². The number of anilines is 1. The number of hydrogen-bond donors (Lipinski definition) is 2. The number of amides is 2. The van der Waals surface area contributed by atoms with Gasteiger partial charge in [0, 0.05) is 19.7 Å². The van der Waals surface area contributed by atoms with Crippen molar-refractivity contribution in [1.82, 2.24) is 9.62 Å². The molecule has 2 aromatic carbocycles. The van der Waals surface area contributed by atoms with Gasteiger partial charge in [0.05, 0.1) is 17.5 Å². The fraction of sp³-hybridized carbons (Fsp3) is 0.364. The second kappa shape index (κ2) is 10.4. The van der Waals surface area contributed by atoms with Crippen LogP contribution in [0.2, 0.25) is 0 Å². The molecular formula is C22H29N3O5S. The molecule has 0 saturated heterocycles. The van der Waals surface area contributed by atoms with Gasteiger partial charge in [-0.1, -0.05) is 6.07 Å². The zero-order chi connectivity index (χ0) is 23.2. The van der Waals surface area contributed by atoms with Crippen LogP contribution in [0, 0.1) is 13.8 Å². The summed E-state index contributed by atoms with van der Waals surface area (Å²) in [6.45, 7) is 7.42. The van der Waals surface area contributed by atoms with E-state index in [1.54, 1.807) is 7.05 Å². The Labute approximate surface area is 183 Å². The topological polar surface area (TPSA) is 105 Å². The molecule has 2 N–H and O–H groups in total. The summed E-state index contributed by atoms with van der Waals surface area (Å²) in [6.07, 6.45) is 0. The van der Waals surface area contributed by atoms with E-state index in [2.05, 4.69) is 10.0 Å². The largest absolute Gasteiger partial charge is 0.492 e. The highest BCUT2D eigenvalue weighted by Crippen LogP contribution is 2.16. The third kappa shape index (κ3) is 7.37. The van der Waals surface area contributed by atoms with Crippen molar-refractivity contribution in [2.24, 2.45) is 0 Å². The Bertz CT molecular complexity index is 1020. The SMILES string of the molecule is CC(=O)Nc1ccc(S(=O)(=O)N[C@@H](C)C(=O)N(C)CCOc2cc(C)cc(C)c2)cc1. The van der Waals surface area contributed by atoms with E-state index in [4.69, 9.17) is 4.74 Å². The summed E-state index contributed by atoms with van der Waals surface area (Å²) < 4.78 is 33.2. The van der Waals surface area contributed by atoms with Gasteiger partial charge >= 0.3 is 0 Å². The van der Waals surface area contributed by atoms with Gasteiger partial charge < -0.3 is 15.0 Å². The average molecular weight is 448 g/mol. The molecule has 0 radical (unpaired) electrons. The summed E-state index contributed by atoms with van der Waals surface area (Å²) in [5, 5.41) is 2.57. The molecule has 168 valence electrons. The van der Waals surface area contributed by atoms with E-state index in [1.807, 2.05) is 32.0 Å². The lowest BCUT2D eigenvalue weighted by atomic mass is 10.1. The van der Waals surface area contributed by atoms with E-state index < -0.39 is 16.1 Å². The van der Waals surface area contributed by atoms with E-state index in [9.17, 15) is 18.0 Å². The van der Waals surface area contributed by atoms with Gasteiger partial charge in [-0.05, 0) is 68.3 Å². The lowest BCUT2D eigenvalue weighted by Crippen LogP contribution is -2.46. The number of hydrogen-bond acceptors (Lipinski definition) is 5. The first-order valence-corrected chi connectivity index (χ1v) is 11.3. The molecule has 2 amide bonds. The second-order valence-corrected chi connectivity index (χ2v) is 9.19. The highest BCUT2D eigenvalue weighted by atomic mass is 32.2. The summed E-state index contributed by atoms with van der Waals surface area (Å²) in [4.78, 5) is 25.1. The maximum absolute atomic E-state index is 12.6. The van der Waals surface area contributed by atoms with Crippen LogP contribution in [0.1, 0.15) is 25.0 Å². The zero-order valence-corrected chi connectivity index (χ0v) is 19.2. The summed E-state index contributed by atoms with van der Waals surface area (Å²) in [5.74, 6) is 0.106. The van der Waals surface area contributed by atoms with E-state index in [0.29, 0.717) is 12.2 Å². The Kier molecular flexibility index (Phi) is 8.18. The van der Waals surface area contributed by atoms with Gasteiger partial charge in [-0.3, -0.25) is 9.59 Å². The fourth-order valence-electron chi connectivity index (χ4n) is 3.03. The van der Waals surface area contributed by atoms with Gasteiger partial charge in [0.25, 0.3) is 0 Å². The molecule has 0 unspecified atom stereocenters. The van der Waals surface area contributed by atoms with Crippen LogP contribution >= 0.6 is 0 Å². The van der Waals surface area contributed by atoms with Gasteiger partial charge in [-0.25, -0.2) is 8.42 Å². The van der Waals surface area contributed by atoms with Crippen LogP contribution < -0.4 is 14.8 Å². The highest BCUT2D eigenvalue weighted by molar-refractivity contribution is 7.89. The molecule has 0 saturated carbocycles. The van der Waals surface area contributed by atoms with Gasteiger partial charge in [-0.2, -0.15) is 4.72 Å². The number of rotatable bonds is 9. The lowest BCUT2D eigenvalue weighted by molar-refractivity contribution is -0.131. The van der Waals surface area contributed by atoms with Crippen molar-refractivity contribution in [1.29, 1.82) is 0 Å². The molecule has 1 atom stereocenters. The highest BCUT2D eigenvalue weighted by Gasteiger charge is 2.24. The minimum atomic E-state index is -3.90. The molecule has 0 aliphatic carbocycles. The maximum Gasteiger partial charge on any atom is 0.241 e. The van der Waals surface area contributed by atoms with Crippen LogP contribution in [0.3, 0.4) is 0 Å². The van der Waals surface area contributed by atoms with Gasteiger partial charge in [0.2, 0.25) is 21.8 Å². The summed E-state index contributed by atoms with van der Waals surface area (Å²) >= 11 is 0. The maximum atomic E-state index is 12.6. The van der Waals surface area contributed by atoms with Crippen molar-refractivity contribution in [2.75, 3.05) is 25.5 Å². The molecule has 0 spiro atoms. The number of benzene rings is 2. The number of carbonyl (C=O) groups is 2. The van der Waals surface area contributed by atoms with Crippen molar-refractivity contribution in [3.63, 3.8) is 0 Å². The van der Waals surface area contributed by atoms with Crippen molar-refractivity contribution < 1.29 is 22.7 Å². The average Bonchev–Trinajstić information content (AvgIpc) is 2.66. The quantitative estimate of drug-likeness (QED) is 0.614. The van der Waals surface area contributed by atoms with E-state index in [-0.39, 0.29) is 23.3 Å². The number of carbonyl (C=O) groups excluding carboxylic acids is 2. The fourth-order valence-corrected chi connectivity index (χ4v) is 4.23. The smallest absolute Gasteiger partial charge is 0.241 e. The minimum Gasteiger partial charge on any atom is -0.492 e. The Morgan fingerprint density at radius 2 is 1.65 bits per heavy atom. The first-order chi connectivity index (χ1) is 14.5. The van der Waals surface area contributed by atoms with Gasteiger partial charge in [-0.15, -0.1) is 0 Å². The normalized spacial score (nSPS) is 12.2. The van der Waals surface area contributed by atoms with Crippen LogP contribution in [0.15, 0.2) is 47.4 Å². The number of aryl methyl sites for hydroxylation is 2. The molecule has 9 heteroatoms. The van der Waals surface area contributed by atoms with Crippen LogP contribution in [0.5, 0.6) is 5.75 Å². The summed E-state index contributed by atoms with van der Waals surface area (Å²) in [6, 6.07) is 10.6. The first-order valence-electron chi connectivity index (χ1n) is 9.84. The van der Waals surface area contributed by atoms with Crippen LogP contribution in [-0.4, -0.2) is 51.4 Å². The predicted octanol–water partition coefficient (Wildman–Crippen LogP) is 2.47. The van der Waals surface area contributed by atoms with Crippen molar-refractivity contribution in [2.45, 2.75) is 38.6 Å². The minimum absolute atomic E-state index is 0.00190. The summed E-state index contributed by atoms with van der Waals surface area (Å²) in [7, 11) is -2.30. The molecule has 2 aromatic rings. The predicted molar refractivity (Wildman–Crippen MR) is 120 cm³/mol. The van der Waals surface area contributed by atoms with Gasteiger partial charge in [0.15, 0.2) is 0 Å². The molecule has 0 fully saturated rings. The van der Waals surface area contributed by atoms with Crippen molar-refractivity contribution in [3.8, 4) is 5.75 Å². The molecule has 0 aliphatic rings. The van der Waals surface area contributed by atoms with Gasteiger partial charge in [0.1, 0.15) is 12.4 Å². The van der Waals surface area contributed by atoms with Crippen molar-refractivity contribution in [3.05, 3.63) is 53.6 Å². The van der Waals surface area contributed by atoms with Crippen LogP contribution in [-0.2, 0) is 19.6 Å². The number of ether oxygens (including phenoxy) is 1. The molecule has 0 bridgehead atoms. The Morgan fingerprint density at radius 3 is 2.19 bits per heavy atom. The summed E-state index contributed by atoms with van der Waals surface area (Å²) in [5.41, 5.74) is 2.67. The Balaban J connectivity index is 1.91. The molecule has 31 heavy (non-hydrogen) atoms. The third-order valence-corrected chi connectivity index (χ3v) is 6.01. The molecule has 8 nitrogen and oxygen atoms in total. The monoisotopic (exact) mass is 447 g/mol. The lowest BCUT2D eigenvalue weighted by Gasteiger charge is -2.22. The number of sulfonamides is 1. The van der Waals surface area contributed by atoms with Crippen LogP contribution in [0.25, 0.3) is 0 Å². The number of nitrogens with zero attached hydrogens (tertiary/aromatic N) is 1. The Morgan fingerprint density at radius 1 is 1.06 bits per heavy atom. The standard InChI is InChI=1S/C22H29N3O5S/c1-15-12-16(2)14-20(13-15)30-11-10-25(5)22(27)17(3)24-31(28,29)21-8-6-19(7-9-21)23-18(4)26/h6-9,12-14,17,24H,10-11H2,1-5H3,(H,23,26)/t17-/m0/s1. The van der Waals surface area contributed by atoms with E-state index in [0.717, 1.165) is 16.9 Å². The van der Waals surface area contributed by atoms with E-state index in [1.165, 1.54) is 43.0 Å². The molecule has 0 heterocycles. The zero-order valence-electron chi connectivity index (χ0n) is 18.4. The number of likely N-dealkylation sites (N-methyl/N-ethyl adjacent to an activating group) is 1. The van der Waals surface area contributed by atoms with E-state index >= 15 is 0 Å².